The van der Waals surface area contributed by atoms with Gasteiger partial charge in [0.25, 0.3) is 6.71 Å². The number of hydrogen-bond donors (Lipinski definition) is 0. The van der Waals surface area contributed by atoms with Crippen molar-refractivity contribution in [3.05, 3.63) is 210 Å². The van der Waals surface area contributed by atoms with Crippen molar-refractivity contribution in [2.45, 2.75) is 143 Å². The van der Waals surface area contributed by atoms with Crippen LogP contribution in [0, 0.1) is 0 Å². The topological polar surface area (TPSA) is 24.9 Å². The molecule has 0 bridgehead atoms. The van der Waals surface area contributed by atoms with Crippen LogP contribution < -0.4 is 35.7 Å². The van der Waals surface area contributed by atoms with Gasteiger partial charge in [-0.15, -0.1) is 0 Å². The molecule has 0 atom stereocenters. The second kappa shape index (κ2) is 21.1. The number of anilines is 6. The summed E-state index contributed by atoms with van der Waals surface area (Å²) in [7, 11) is 3.52. The van der Waals surface area contributed by atoms with Crippen LogP contribution in [-0.4, -0.2) is 20.9 Å². The third kappa shape index (κ3) is 10.5. The van der Waals surface area contributed by atoms with Crippen LogP contribution in [0.2, 0.25) is 0 Å². The van der Waals surface area contributed by atoms with Crippen LogP contribution in [0.3, 0.4) is 0 Å². The lowest BCUT2D eigenvalue weighted by Crippen LogP contribution is -2.61. The molecule has 2 aliphatic heterocycles. The van der Waals surface area contributed by atoms with Gasteiger partial charge in [0, 0.05) is 33.9 Å². The van der Waals surface area contributed by atoms with E-state index in [1.165, 1.54) is 133 Å². The SMILES string of the molecule is COc1cccc(-c2ccc3c(c2)B2c4cc(-c5cccc(OC)c5)ccc4N(c4ccc(C(C)(C)C)cc4-c4ccc(C(C)(C)C)cc4)c4cc(C5CCCCC5)cc(c42)N3c2ccc(C(C)(C)C)cc2-c2ccc(C(C)(C)C)cc2)c1. The highest BCUT2D eigenvalue weighted by molar-refractivity contribution is 7.00. The number of benzene rings is 9. The molecule has 1 aliphatic carbocycles. The summed E-state index contributed by atoms with van der Waals surface area (Å²) in [5.74, 6) is 2.11. The number of hydrogen-bond acceptors (Lipinski definition) is 4. The highest BCUT2D eigenvalue weighted by Gasteiger charge is 2.45. The zero-order valence-electron chi connectivity index (χ0n) is 51.7. The quantitative estimate of drug-likeness (QED) is 0.135. The molecule has 12 rings (SSSR count). The van der Waals surface area contributed by atoms with E-state index in [0.717, 1.165) is 33.8 Å². The fourth-order valence-corrected chi connectivity index (χ4v) is 13.3. The molecule has 1 saturated carbocycles. The average Bonchev–Trinajstić information content (AvgIpc) is 1.65. The first kappa shape index (κ1) is 55.8. The molecular formula is C78H83BN2O2. The molecule has 0 spiro atoms. The molecule has 0 aromatic heterocycles. The van der Waals surface area contributed by atoms with E-state index in [1.54, 1.807) is 14.2 Å². The molecule has 0 saturated heterocycles. The van der Waals surface area contributed by atoms with Gasteiger partial charge in [-0.1, -0.05) is 212 Å². The van der Waals surface area contributed by atoms with Gasteiger partial charge in [-0.2, -0.15) is 0 Å². The van der Waals surface area contributed by atoms with Crippen LogP contribution in [0.4, 0.5) is 34.1 Å². The van der Waals surface area contributed by atoms with E-state index in [2.05, 4.69) is 263 Å². The molecule has 9 aromatic carbocycles. The Morgan fingerprint density at radius 3 is 1.10 bits per heavy atom. The first-order valence-corrected chi connectivity index (χ1v) is 30.4. The molecule has 0 radical (unpaired) electrons. The van der Waals surface area contributed by atoms with Crippen molar-refractivity contribution in [1.82, 2.24) is 0 Å². The number of ether oxygens (including phenoxy) is 2. The maximum Gasteiger partial charge on any atom is 0.252 e. The summed E-state index contributed by atoms with van der Waals surface area (Å²) in [6, 6.07) is 70.4. The van der Waals surface area contributed by atoms with E-state index in [-0.39, 0.29) is 28.4 Å². The summed E-state index contributed by atoms with van der Waals surface area (Å²) in [6.45, 7) is 27.7. The van der Waals surface area contributed by atoms with Crippen molar-refractivity contribution < 1.29 is 9.47 Å². The summed E-state index contributed by atoms with van der Waals surface area (Å²) < 4.78 is 11.8. The van der Waals surface area contributed by atoms with Crippen LogP contribution in [-0.2, 0) is 21.7 Å². The van der Waals surface area contributed by atoms with Crippen molar-refractivity contribution >= 4 is 57.2 Å². The van der Waals surface area contributed by atoms with Crippen molar-refractivity contribution in [1.29, 1.82) is 0 Å². The lowest BCUT2D eigenvalue weighted by atomic mass is 9.33. The van der Waals surface area contributed by atoms with Crippen molar-refractivity contribution in [3.8, 4) is 56.0 Å². The molecule has 83 heavy (non-hydrogen) atoms. The lowest BCUT2D eigenvalue weighted by molar-refractivity contribution is 0.415. The van der Waals surface area contributed by atoms with Gasteiger partial charge in [0.2, 0.25) is 0 Å². The Morgan fingerprint density at radius 2 is 0.711 bits per heavy atom. The van der Waals surface area contributed by atoms with Gasteiger partial charge >= 0.3 is 0 Å². The van der Waals surface area contributed by atoms with Crippen molar-refractivity contribution in [2.24, 2.45) is 0 Å². The summed E-state index contributed by atoms with van der Waals surface area (Å²) in [6.07, 6.45) is 6.13. The van der Waals surface area contributed by atoms with Gasteiger partial charge < -0.3 is 19.3 Å². The summed E-state index contributed by atoms with van der Waals surface area (Å²) in [5, 5.41) is 0. The number of methoxy groups -OCH3 is 2. The minimum Gasteiger partial charge on any atom is -0.497 e. The Hall–Kier alpha value is -7.76. The van der Waals surface area contributed by atoms with Crippen molar-refractivity contribution in [3.63, 3.8) is 0 Å². The van der Waals surface area contributed by atoms with E-state index in [1.807, 2.05) is 12.1 Å². The highest BCUT2D eigenvalue weighted by atomic mass is 16.5. The first-order chi connectivity index (χ1) is 39.6. The molecule has 2 heterocycles. The smallest absolute Gasteiger partial charge is 0.252 e. The van der Waals surface area contributed by atoms with E-state index in [4.69, 9.17) is 9.47 Å². The fraction of sp³-hybridized carbons (Fsp3) is 0.308. The highest BCUT2D eigenvalue weighted by Crippen LogP contribution is 2.52. The predicted molar refractivity (Wildman–Crippen MR) is 356 cm³/mol. The maximum absolute atomic E-state index is 5.89. The summed E-state index contributed by atoms with van der Waals surface area (Å²) in [4.78, 5) is 5.35. The second-order valence-electron chi connectivity index (χ2n) is 28.0. The number of fused-ring (bicyclic) bond motifs is 4. The molecule has 9 aromatic rings. The Kier molecular flexibility index (Phi) is 14.2. The van der Waals surface area contributed by atoms with Crippen molar-refractivity contribution in [2.75, 3.05) is 24.0 Å². The standard InChI is InChI=1S/C78H83BN2O2/c1-75(2,3)58-32-26-51(27-33-58)64-48-60(77(7,8)9)36-40-68(64)80-70-38-30-55(53-22-18-24-62(42-53)82-13)44-66(70)79-67-45-56(54-23-19-25-63(43-54)83-14)31-39-71(67)81(73-47-57(46-72(80)74(73)79)50-20-16-15-17-21-50)69-41-37-61(78(10,11)12)49-65(69)52-28-34-59(35-29-52)76(4,5)6/h18-19,22-50H,15-17,20-21H2,1-14H3. The molecule has 5 heteroatoms. The van der Waals surface area contributed by atoms with Gasteiger partial charge in [-0.3, -0.25) is 0 Å². The molecule has 0 N–H and O–H groups in total. The largest absolute Gasteiger partial charge is 0.497 e. The predicted octanol–water partition coefficient (Wildman–Crippen LogP) is 19.7. The van der Waals surface area contributed by atoms with Crippen LogP contribution in [0.15, 0.2) is 182 Å². The molecule has 4 nitrogen and oxygen atoms in total. The van der Waals surface area contributed by atoms with Crippen LogP contribution in [0.25, 0.3) is 44.5 Å². The molecule has 1 fully saturated rings. The minimum atomic E-state index is -0.138. The number of nitrogens with zero attached hydrogens (tertiary/aromatic N) is 2. The van der Waals surface area contributed by atoms with Gasteiger partial charge in [0.1, 0.15) is 11.5 Å². The summed E-state index contributed by atoms with van der Waals surface area (Å²) in [5.41, 5.74) is 27.1. The van der Waals surface area contributed by atoms with Gasteiger partial charge in [-0.05, 0) is 191 Å². The normalized spacial score (nSPS) is 14.5. The molecule has 3 aliphatic rings. The van der Waals surface area contributed by atoms with Crippen LogP contribution >= 0.6 is 0 Å². The van der Waals surface area contributed by atoms with Crippen LogP contribution in [0.5, 0.6) is 11.5 Å². The third-order valence-electron chi connectivity index (χ3n) is 18.3. The van der Waals surface area contributed by atoms with E-state index in [0.29, 0.717) is 5.92 Å². The van der Waals surface area contributed by atoms with E-state index in [9.17, 15) is 0 Å². The lowest BCUT2D eigenvalue weighted by Gasteiger charge is -2.46. The molecule has 0 unspecified atom stereocenters. The summed E-state index contributed by atoms with van der Waals surface area (Å²) >= 11 is 0. The zero-order valence-corrected chi connectivity index (χ0v) is 51.7. The fourth-order valence-electron chi connectivity index (χ4n) is 13.3. The first-order valence-electron chi connectivity index (χ1n) is 30.4. The molecule has 420 valence electrons. The minimum absolute atomic E-state index is 0.0198. The Morgan fingerprint density at radius 1 is 0.349 bits per heavy atom. The third-order valence-corrected chi connectivity index (χ3v) is 18.3. The maximum atomic E-state index is 5.89. The van der Waals surface area contributed by atoms with Gasteiger partial charge in [0.05, 0.1) is 25.6 Å². The zero-order chi connectivity index (χ0) is 58.3. The Labute approximate surface area is 496 Å². The van der Waals surface area contributed by atoms with Crippen LogP contribution in [0.1, 0.15) is 149 Å². The van der Waals surface area contributed by atoms with E-state index < -0.39 is 0 Å². The van der Waals surface area contributed by atoms with Gasteiger partial charge in [0.15, 0.2) is 0 Å². The molecular weight excluding hydrogens is 1010 g/mol. The molecule has 0 amide bonds. The van der Waals surface area contributed by atoms with E-state index >= 15 is 0 Å². The Balaban J connectivity index is 1.22. The monoisotopic (exact) mass is 1090 g/mol. The number of rotatable bonds is 9. The Bertz CT molecular complexity index is 3670. The van der Waals surface area contributed by atoms with Gasteiger partial charge in [-0.25, -0.2) is 0 Å². The average molecular weight is 1090 g/mol. The second-order valence-corrected chi connectivity index (χ2v) is 28.0.